The average molecular weight is 374 g/mol. The number of hydrogen-bond donors (Lipinski definition) is 0. The number of halogens is 1. The van der Waals surface area contributed by atoms with Crippen molar-refractivity contribution in [3.05, 3.63) is 46.6 Å². The molecule has 3 heterocycles. The average Bonchev–Trinajstić information content (AvgIpc) is 3.03. The molecule has 3 rings (SSSR count). The molecular weight excluding hydrogens is 362 g/mol. The highest BCUT2D eigenvalue weighted by Gasteiger charge is 2.29. The van der Waals surface area contributed by atoms with Gasteiger partial charge in [-0.25, -0.2) is 9.97 Å². The number of rotatable bonds is 3. The first kappa shape index (κ1) is 15.4. The summed E-state index contributed by atoms with van der Waals surface area (Å²) in [5, 5.41) is 9.00. The second-order valence-corrected chi connectivity index (χ2v) is 5.91. The summed E-state index contributed by atoms with van der Waals surface area (Å²) in [5.74, 6) is 0.114. The van der Waals surface area contributed by atoms with Gasteiger partial charge in [0.05, 0.1) is 12.1 Å². The van der Waals surface area contributed by atoms with E-state index in [2.05, 4.69) is 30.9 Å². The van der Waals surface area contributed by atoms with E-state index in [9.17, 15) is 4.79 Å². The minimum Gasteiger partial charge on any atom is -0.470 e. The van der Waals surface area contributed by atoms with Crippen LogP contribution in [0.25, 0.3) is 0 Å². The first-order chi connectivity index (χ1) is 11.2. The number of nitriles is 1. The maximum atomic E-state index is 12.4. The Morgan fingerprint density at radius 2 is 2.22 bits per heavy atom. The maximum Gasteiger partial charge on any atom is 0.255 e. The van der Waals surface area contributed by atoms with E-state index < -0.39 is 0 Å². The SMILES string of the molecule is N#Cc1nccnc1OC1CCN(C(=O)c2cncc(Br)c2)C1. The number of ether oxygens (including phenoxy) is 1. The molecule has 0 N–H and O–H groups in total. The molecule has 1 aliphatic heterocycles. The number of carbonyl (C=O) groups is 1. The lowest BCUT2D eigenvalue weighted by Crippen LogP contribution is -2.31. The summed E-state index contributed by atoms with van der Waals surface area (Å²) in [7, 11) is 0. The smallest absolute Gasteiger partial charge is 0.255 e. The quantitative estimate of drug-likeness (QED) is 0.814. The lowest BCUT2D eigenvalue weighted by Gasteiger charge is -2.17. The van der Waals surface area contributed by atoms with E-state index in [1.165, 1.54) is 18.6 Å². The highest BCUT2D eigenvalue weighted by atomic mass is 79.9. The van der Waals surface area contributed by atoms with Gasteiger partial charge >= 0.3 is 0 Å². The van der Waals surface area contributed by atoms with Gasteiger partial charge < -0.3 is 9.64 Å². The standard InChI is InChI=1S/C15H12BrN5O2/c16-11-5-10(7-18-8-11)15(22)21-4-1-12(9-21)23-14-13(6-17)19-2-3-20-14/h2-3,5,7-8,12H,1,4,9H2. The fraction of sp³-hybridized carbons (Fsp3) is 0.267. The molecule has 23 heavy (non-hydrogen) atoms. The van der Waals surface area contributed by atoms with Gasteiger partial charge in [-0.05, 0) is 22.0 Å². The molecule has 116 valence electrons. The van der Waals surface area contributed by atoms with Crippen molar-refractivity contribution < 1.29 is 9.53 Å². The lowest BCUT2D eigenvalue weighted by molar-refractivity contribution is 0.0770. The molecule has 1 amide bonds. The number of carbonyl (C=O) groups excluding carboxylic acids is 1. The molecule has 1 aliphatic rings. The minimum atomic E-state index is -0.206. The van der Waals surface area contributed by atoms with Gasteiger partial charge in [0.1, 0.15) is 12.2 Å². The summed E-state index contributed by atoms with van der Waals surface area (Å²) in [4.78, 5) is 26.1. The van der Waals surface area contributed by atoms with E-state index >= 15 is 0 Å². The molecule has 0 aliphatic carbocycles. The van der Waals surface area contributed by atoms with Crippen LogP contribution in [0, 0.1) is 11.3 Å². The van der Waals surface area contributed by atoms with Gasteiger partial charge in [-0.3, -0.25) is 9.78 Å². The minimum absolute atomic E-state index is 0.0930. The molecule has 1 fully saturated rings. The van der Waals surface area contributed by atoms with Crippen LogP contribution < -0.4 is 4.74 Å². The predicted molar refractivity (Wildman–Crippen MR) is 83.6 cm³/mol. The third-order valence-electron chi connectivity index (χ3n) is 3.43. The fourth-order valence-corrected chi connectivity index (χ4v) is 2.73. The Bertz CT molecular complexity index is 776. The summed E-state index contributed by atoms with van der Waals surface area (Å²) in [6, 6.07) is 3.68. The summed E-state index contributed by atoms with van der Waals surface area (Å²) >= 11 is 3.31. The van der Waals surface area contributed by atoms with Crippen molar-refractivity contribution in [3.63, 3.8) is 0 Å². The van der Waals surface area contributed by atoms with Crippen LogP contribution in [0.3, 0.4) is 0 Å². The van der Waals surface area contributed by atoms with E-state index in [1.807, 2.05) is 6.07 Å². The van der Waals surface area contributed by atoms with Crippen LogP contribution in [0.2, 0.25) is 0 Å². The molecule has 0 aromatic carbocycles. The van der Waals surface area contributed by atoms with Gasteiger partial charge in [-0.1, -0.05) is 0 Å². The largest absolute Gasteiger partial charge is 0.470 e. The number of hydrogen-bond acceptors (Lipinski definition) is 6. The number of likely N-dealkylation sites (tertiary alicyclic amines) is 1. The number of pyridine rings is 1. The molecule has 7 nitrogen and oxygen atoms in total. The highest BCUT2D eigenvalue weighted by Crippen LogP contribution is 2.20. The van der Waals surface area contributed by atoms with E-state index in [0.29, 0.717) is 25.1 Å². The van der Waals surface area contributed by atoms with Crippen LogP contribution in [0.1, 0.15) is 22.5 Å². The second-order valence-electron chi connectivity index (χ2n) is 4.99. The van der Waals surface area contributed by atoms with Crippen LogP contribution in [-0.2, 0) is 0 Å². The maximum absolute atomic E-state index is 12.4. The summed E-state index contributed by atoms with van der Waals surface area (Å²) < 4.78 is 6.48. The second kappa shape index (κ2) is 6.71. The van der Waals surface area contributed by atoms with Gasteiger partial charge in [-0.2, -0.15) is 5.26 Å². The Morgan fingerprint density at radius 3 is 3.00 bits per heavy atom. The van der Waals surface area contributed by atoms with Crippen molar-refractivity contribution in [3.8, 4) is 11.9 Å². The lowest BCUT2D eigenvalue weighted by atomic mass is 10.2. The number of aromatic nitrogens is 3. The molecule has 1 atom stereocenters. The van der Waals surface area contributed by atoms with Gasteiger partial charge in [0.25, 0.3) is 11.8 Å². The molecule has 0 saturated carbocycles. The van der Waals surface area contributed by atoms with Gasteiger partial charge in [0, 0.05) is 42.2 Å². The van der Waals surface area contributed by atoms with Crippen molar-refractivity contribution in [1.29, 1.82) is 5.26 Å². The third kappa shape index (κ3) is 3.46. The normalized spacial score (nSPS) is 16.9. The zero-order chi connectivity index (χ0) is 16.2. The molecule has 0 bridgehead atoms. The van der Waals surface area contributed by atoms with E-state index in [0.717, 1.165) is 4.47 Å². The molecule has 0 radical (unpaired) electrons. The molecule has 1 saturated heterocycles. The summed E-state index contributed by atoms with van der Waals surface area (Å²) in [5.41, 5.74) is 0.672. The van der Waals surface area contributed by atoms with Crippen LogP contribution in [0.4, 0.5) is 0 Å². The Balaban J connectivity index is 1.67. The van der Waals surface area contributed by atoms with E-state index in [-0.39, 0.29) is 23.6 Å². The first-order valence-corrected chi connectivity index (χ1v) is 7.74. The van der Waals surface area contributed by atoms with Crippen molar-refractivity contribution >= 4 is 21.8 Å². The monoisotopic (exact) mass is 373 g/mol. The van der Waals surface area contributed by atoms with E-state index in [1.54, 1.807) is 17.2 Å². The Labute approximate surface area is 141 Å². The predicted octanol–water partition coefficient (Wildman–Crippen LogP) is 1.80. The Morgan fingerprint density at radius 1 is 1.39 bits per heavy atom. The van der Waals surface area contributed by atoms with E-state index in [4.69, 9.17) is 10.00 Å². The van der Waals surface area contributed by atoms with Crippen LogP contribution in [0.15, 0.2) is 35.3 Å². The van der Waals surface area contributed by atoms with Crippen molar-refractivity contribution in [2.75, 3.05) is 13.1 Å². The van der Waals surface area contributed by atoms with Crippen LogP contribution in [0.5, 0.6) is 5.88 Å². The molecule has 8 heteroatoms. The first-order valence-electron chi connectivity index (χ1n) is 6.95. The van der Waals surface area contributed by atoms with Gasteiger partial charge in [-0.15, -0.1) is 0 Å². The Hall–Kier alpha value is -2.53. The molecular formula is C15H12BrN5O2. The summed E-state index contributed by atoms with van der Waals surface area (Å²) in [6.45, 7) is 1.02. The summed E-state index contributed by atoms with van der Waals surface area (Å²) in [6.07, 6.45) is 6.55. The van der Waals surface area contributed by atoms with Gasteiger partial charge in [0.15, 0.2) is 0 Å². The molecule has 2 aromatic rings. The Kier molecular flexibility index (Phi) is 4.48. The zero-order valence-corrected chi connectivity index (χ0v) is 13.6. The molecule has 1 unspecified atom stereocenters. The van der Waals surface area contributed by atoms with Gasteiger partial charge in [0.2, 0.25) is 5.69 Å². The fourth-order valence-electron chi connectivity index (χ4n) is 2.37. The van der Waals surface area contributed by atoms with Crippen molar-refractivity contribution in [1.82, 2.24) is 19.9 Å². The third-order valence-corrected chi connectivity index (χ3v) is 3.87. The molecule has 2 aromatic heterocycles. The molecule has 0 spiro atoms. The van der Waals surface area contributed by atoms with Crippen molar-refractivity contribution in [2.24, 2.45) is 0 Å². The van der Waals surface area contributed by atoms with Crippen LogP contribution >= 0.6 is 15.9 Å². The number of nitrogens with zero attached hydrogens (tertiary/aromatic N) is 5. The highest BCUT2D eigenvalue weighted by molar-refractivity contribution is 9.10. The topological polar surface area (TPSA) is 92.0 Å². The van der Waals surface area contributed by atoms with Crippen LogP contribution in [-0.4, -0.2) is 45.0 Å². The zero-order valence-electron chi connectivity index (χ0n) is 12.0. The van der Waals surface area contributed by atoms with Crippen molar-refractivity contribution in [2.45, 2.75) is 12.5 Å². The number of amides is 1.